The largest absolute Gasteiger partial charge is 0.394 e. The van der Waals surface area contributed by atoms with E-state index >= 15 is 0 Å². The summed E-state index contributed by atoms with van der Waals surface area (Å²) in [5.74, 6) is -0.0933. The highest BCUT2D eigenvalue weighted by Gasteiger charge is 2.50. The van der Waals surface area contributed by atoms with Crippen LogP contribution in [0.15, 0.2) is 42.5 Å². The maximum Gasteiger partial charge on any atom is 0.230 e. The monoisotopic (exact) mass is 395 g/mol. The lowest BCUT2D eigenvalue weighted by Crippen LogP contribution is -2.66. The predicted octanol–water partition coefficient (Wildman–Crippen LogP) is 1.81. The van der Waals surface area contributed by atoms with Gasteiger partial charge < -0.3 is 15.3 Å². The molecule has 1 aromatic heterocycles. The topological polar surface area (TPSA) is 82.5 Å². The van der Waals surface area contributed by atoms with Gasteiger partial charge in [0.1, 0.15) is 0 Å². The van der Waals surface area contributed by atoms with Gasteiger partial charge >= 0.3 is 0 Å². The van der Waals surface area contributed by atoms with Crippen LogP contribution >= 0.6 is 0 Å². The number of carbonyl (C=O) groups is 2. The minimum Gasteiger partial charge on any atom is -0.394 e. The Balaban J connectivity index is 1.71. The summed E-state index contributed by atoms with van der Waals surface area (Å²) in [6, 6.07) is 13.4. The molecule has 1 aliphatic heterocycles. The number of nitrogens with one attached hydrogen (secondary N) is 1. The van der Waals surface area contributed by atoms with E-state index in [9.17, 15) is 14.7 Å². The number of aryl methyl sites for hydroxylation is 2. The summed E-state index contributed by atoms with van der Waals surface area (Å²) in [4.78, 5) is 31.9. The van der Waals surface area contributed by atoms with Crippen molar-refractivity contribution in [1.82, 2.24) is 15.2 Å². The van der Waals surface area contributed by atoms with E-state index < -0.39 is 5.41 Å². The number of aliphatic hydroxyl groups is 1. The first-order valence-corrected chi connectivity index (χ1v) is 9.99. The molecule has 1 saturated heterocycles. The van der Waals surface area contributed by atoms with Crippen LogP contribution in [-0.2, 0) is 22.4 Å². The number of nitrogens with zero attached hydrogens (tertiary/aromatic N) is 2. The van der Waals surface area contributed by atoms with E-state index in [2.05, 4.69) is 10.3 Å². The van der Waals surface area contributed by atoms with Crippen LogP contribution in [0.1, 0.15) is 29.4 Å². The molecule has 6 nitrogen and oxygen atoms in total. The molecule has 0 radical (unpaired) electrons. The number of hydrogen-bond acceptors (Lipinski definition) is 4. The SMILES string of the molecule is Cc1cc(CC(=O)N2CC(Cc3ccccc3)(C(=O)NC(C)CO)C2)cc(C)n1. The molecule has 1 unspecified atom stereocenters. The van der Waals surface area contributed by atoms with Gasteiger partial charge in [-0.05, 0) is 50.5 Å². The average Bonchev–Trinajstić information content (AvgIpc) is 2.63. The standard InChI is InChI=1S/C23H29N3O3/c1-16-9-20(10-17(2)24-16)11-21(28)26-14-23(15-26,22(29)25-18(3)13-27)12-19-7-5-4-6-8-19/h4-10,18,27H,11-15H2,1-3H3,(H,25,29). The fraction of sp³-hybridized carbons (Fsp3) is 0.435. The molecule has 2 heterocycles. The quantitative estimate of drug-likeness (QED) is 0.749. The van der Waals surface area contributed by atoms with Crippen LogP contribution in [0.4, 0.5) is 0 Å². The number of carbonyl (C=O) groups excluding carboxylic acids is 2. The molecule has 1 aliphatic rings. The van der Waals surface area contributed by atoms with Crippen molar-refractivity contribution in [2.24, 2.45) is 5.41 Å². The molecule has 3 rings (SSSR count). The van der Waals surface area contributed by atoms with Gasteiger partial charge in [-0.15, -0.1) is 0 Å². The minimum absolute atomic E-state index is 0.0155. The molecule has 0 saturated carbocycles. The third kappa shape index (κ3) is 5.01. The van der Waals surface area contributed by atoms with E-state index in [-0.39, 0.29) is 24.5 Å². The summed E-state index contributed by atoms with van der Waals surface area (Å²) in [7, 11) is 0. The van der Waals surface area contributed by atoms with Crippen molar-refractivity contribution in [3.8, 4) is 0 Å². The average molecular weight is 396 g/mol. The first-order chi connectivity index (χ1) is 13.8. The third-order valence-corrected chi connectivity index (χ3v) is 5.35. The molecule has 2 aromatic rings. The van der Waals surface area contributed by atoms with Crippen LogP contribution in [-0.4, -0.2) is 52.5 Å². The van der Waals surface area contributed by atoms with Gasteiger partial charge in [0.05, 0.1) is 18.4 Å². The third-order valence-electron chi connectivity index (χ3n) is 5.35. The predicted molar refractivity (Wildman–Crippen MR) is 111 cm³/mol. The number of amides is 2. The summed E-state index contributed by atoms with van der Waals surface area (Å²) < 4.78 is 0. The van der Waals surface area contributed by atoms with Crippen molar-refractivity contribution in [3.63, 3.8) is 0 Å². The van der Waals surface area contributed by atoms with Crippen LogP contribution in [0.25, 0.3) is 0 Å². The van der Waals surface area contributed by atoms with Crippen LogP contribution in [0, 0.1) is 19.3 Å². The Hall–Kier alpha value is -2.73. The van der Waals surface area contributed by atoms with Crippen molar-refractivity contribution < 1.29 is 14.7 Å². The fourth-order valence-electron chi connectivity index (χ4n) is 3.92. The number of aromatic nitrogens is 1. The number of aliphatic hydroxyl groups excluding tert-OH is 1. The number of hydrogen-bond donors (Lipinski definition) is 2. The molecule has 2 N–H and O–H groups in total. The van der Waals surface area contributed by atoms with Crippen molar-refractivity contribution in [2.45, 2.75) is 39.7 Å². The highest BCUT2D eigenvalue weighted by atomic mass is 16.3. The molecule has 6 heteroatoms. The molecule has 2 amide bonds. The van der Waals surface area contributed by atoms with Crippen LogP contribution in [0.5, 0.6) is 0 Å². The van der Waals surface area contributed by atoms with Crippen molar-refractivity contribution in [1.29, 1.82) is 0 Å². The van der Waals surface area contributed by atoms with Crippen molar-refractivity contribution in [3.05, 3.63) is 65.0 Å². The van der Waals surface area contributed by atoms with Crippen LogP contribution in [0.3, 0.4) is 0 Å². The summed E-state index contributed by atoms with van der Waals surface area (Å²) >= 11 is 0. The number of benzene rings is 1. The highest BCUT2D eigenvalue weighted by Crippen LogP contribution is 2.35. The molecular formula is C23H29N3O3. The molecule has 0 spiro atoms. The second kappa shape index (κ2) is 8.74. The van der Waals surface area contributed by atoms with Gasteiger partial charge in [-0.2, -0.15) is 0 Å². The Bertz CT molecular complexity index is 856. The Morgan fingerprint density at radius 3 is 2.34 bits per heavy atom. The van der Waals surface area contributed by atoms with E-state index in [0.29, 0.717) is 25.9 Å². The lowest BCUT2D eigenvalue weighted by molar-refractivity contribution is -0.153. The molecule has 1 aromatic carbocycles. The summed E-state index contributed by atoms with van der Waals surface area (Å²) in [5.41, 5.74) is 3.13. The van der Waals surface area contributed by atoms with Gasteiger partial charge in [0.2, 0.25) is 11.8 Å². The van der Waals surface area contributed by atoms with Gasteiger partial charge in [-0.25, -0.2) is 0 Å². The summed E-state index contributed by atoms with van der Waals surface area (Å²) in [6.45, 7) is 6.26. The number of rotatable bonds is 7. The number of likely N-dealkylation sites (tertiary alicyclic amines) is 1. The highest BCUT2D eigenvalue weighted by molar-refractivity contribution is 5.88. The number of pyridine rings is 1. The molecule has 1 atom stereocenters. The Kier molecular flexibility index (Phi) is 6.33. The van der Waals surface area contributed by atoms with E-state index in [0.717, 1.165) is 22.5 Å². The Labute approximate surface area is 172 Å². The second-order valence-corrected chi connectivity index (χ2v) is 8.18. The van der Waals surface area contributed by atoms with E-state index in [4.69, 9.17) is 0 Å². The lowest BCUT2D eigenvalue weighted by atomic mass is 9.73. The molecule has 154 valence electrons. The first-order valence-electron chi connectivity index (χ1n) is 9.99. The summed E-state index contributed by atoms with van der Waals surface area (Å²) in [5, 5.41) is 12.2. The van der Waals surface area contributed by atoms with Gasteiger partial charge in [-0.3, -0.25) is 14.6 Å². The Morgan fingerprint density at radius 2 is 1.76 bits per heavy atom. The van der Waals surface area contributed by atoms with Gasteiger partial charge in [-0.1, -0.05) is 30.3 Å². The van der Waals surface area contributed by atoms with Crippen LogP contribution < -0.4 is 5.32 Å². The smallest absolute Gasteiger partial charge is 0.230 e. The van der Waals surface area contributed by atoms with E-state index in [1.807, 2.05) is 56.3 Å². The zero-order valence-electron chi connectivity index (χ0n) is 17.3. The van der Waals surface area contributed by atoms with E-state index in [1.165, 1.54) is 0 Å². The van der Waals surface area contributed by atoms with Crippen molar-refractivity contribution in [2.75, 3.05) is 19.7 Å². The zero-order valence-corrected chi connectivity index (χ0v) is 17.3. The maximum absolute atomic E-state index is 13.0. The maximum atomic E-state index is 13.0. The normalized spacial score (nSPS) is 16.1. The van der Waals surface area contributed by atoms with E-state index in [1.54, 1.807) is 11.8 Å². The molecule has 0 bridgehead atoms. The molecule has 1 fully saturated rings. The second-order valence-electron chi connectivity index (χ2n) is 8.18. The van der Waals surface area contributed by atoms with Gasteiger partial charge in [0.15, 0.2) is 0 Å². The first kappa shape index (κ1) is 21.0. The summed E-state index contributed by atoms with van der Waals surface area (Å²) in [6.07, 6.45) is 0.870. The van der Waals surface area contributed by atoms with Crippen molar-refractivity contribution >= 4 is 11.8 Å². The molecule has 29 heavy (non-hydrogen) atoms. The van der Waals surface area contributed by atoms with Crippen LogP contribution in [0.2, 0.25) is 0 Å². The lowest BCUT2D eigenvalue weighted by Gasteiger charge is -2.49. The fourth-order valence-corrected chi connectivity index (χ4v) is 3.92. The Morgan fingerprint density at radius 1 is 1.14 bits per heavy atom. The molecular weight excluding hydrogens is 366 g/mol. The minimum atomic E-state index is -0.662. The van der Waals surface area contributed by atoms with Gasteiger partial charge in [0, 0.05) is 30.5 Å². The molecule has 0 aliphatic carbocycles. The zero-order chi connectivity index (χ0) is 21.0. The van der Waals surface area contributed by atoms with Gasteiger partial charge in [0.25, 0.3) is 0 Å².